The maximum Gasteiger partial charge on any atom is 0.253 e. The van der Waals surface area contributed by atoms with Crippen molar-refractivity contribution in [1.29, 1.82) is 0 Å². The molecule has 0 aromatic carbocycles. The second-order valence-electron chi connectivity index (χ2n) is 3.31. The summed E-state index contributed by atoms with van der Waals surface area (Å²) >= 11 is 1.27. The van der Waals surface area contributed by atoms with Crippen molar-refractivity contribution in [2.24, 2.45) is 0 Å². The Kier molecular flexibility index (Phi) is 2.78. The van der Waals surface area contributed by atoms with Crippen LogP contribution in [0.25, 0.3) is 0 Å². The largest absolute Gasteiger partial charge is 0.301 e. The Balaban J connectivity index is 2.40. The summed E-state index contributed by atoms with van der Waals surface area (Å²) in [5.74, 6) is -0.225. The molecular formula is C9H9N3O3S. The van der Waals surface area contributed by atoms with Gasteiger partial charge in [0, 0.05) is 6.07 Å². The summed E-state index contributed by atoms with van der Waals surface area (Å²) in [6.45, 7) is 0.00308. The van der Waals surface area contributed by atoms with Crippen molar-refractivity contribution in [3.63, 3.8) is 0 Å². The summed E-state index contributed by atoms with van der Waals surface area (Å²) in [6, 6.07) is 1.22. The first-order valence-electron chi connectivity index (χ1n) is 4.57. The third kappa shape index (κ3) is 1.99. The minimum atomic E-state index is -0.332. The molecule has 16 heavy (non-hydrogen) atoms. The SMILES string of the molecule is CSc1nc(N2CC(=O)CC2=O)cc(=O)[nH]1. The number of amides is 1. The van der Waals surface area contributed by atoms with Crippen LogP contribution < -0.4 is 10.5 Å². The molecule has 2 heterocycles. The van der Waals surface area contributed by atoms with Crippen LogP contribution in [0.2, 0.25) is 0 Å². The topological polar surface area (TPSA) is 83.1 Å². The molecule has 1 fully saturated rings. The van der Waals surface area contributed by atoms with Crippen LogP contribution in [0.15, 0.2) is 16.0 Å². The maximum atomic E-state index is 11.4. The van der Waals surface area contributed by atoms with Gasteiger partial charge in [0.2, 0.25) is 5.91 Å². The molecule has 1 N–H and O–H groups in total. The lowest BCUT2D eigenvalue weighted by molar-refractivity contribution is -0.121. The molecule has 1 amide bonds. The highest BCUT2D eigenvalue weighted by Gasteiger charge is 2.29. The molecule has 0 spiro atoms. The number of aromatic amines is 1. The number of hydrogen-bond donors (Lipinski definition) is 1. The van der Waals surface area contributed by atoms with E-state index in [9.17, 15) is 14.4 Å². The van der Waals surface area contributed by atoms with Gasteiger partial charge in [-0.2, -0.15) is 0 Å². The molecule has 2 rings (SSSR count). The lowest BCUT2D eigenvalue weighted by atomic mass is 10.3. The second kappa shape index (κ2) is 4.09. The third-order valence-electron chi connectivity index (χ3n) is 2.16. The molecule has 1 aliphatic heterocycles. The van der Waals surface area contributed by atoms with E-state index in [0.29, 0.717) is 5.16 Å². The van der Waals surface area contributed by atoms with Crippen LogP contribution in [-0.2, 0) is 9.59 Å². The Bertz CT molecular complexity index is 511. The Labute approximate surface area is 95.1 Å². The number of aromatic nitrogens is 2. The number of Topliss-reactive ketones (excluding diaryl/α,β-unsaturated/α-hetero) is 1. The van der Waals surface area contributed by atoms with Crippen molar-refractivity contribution in [3.05, 3.63) is 16.4 Å². The van der Waals surface area contributed by atoms with E-state index < -0.39 is 0 Å². The minimum Gasteiger partial charge on any atom is -0.301 e. The highest BCUT2D eigenvalue weighted by molar-refractivity contribution is 7.98. The summed E-state index contributed by atoms with van der Waals surface area (Å²) in [5, 5.41) is 0.426. The fourth-order valence-electron chi connectivity index (χ4n) is 1.45. The molecule has 0 aliphatic carbocycles. The quantitative estimate of drug-likeness (QED) is 0.439. The summed E-state index contributed by atoms with van der Waals surface area (Å²) in [7, 11) is 0. The molecular weight excluding hydrogens is 230 g/mol. The Hall–Kier alpha value is -1.63. The zero-order valence-electron chi connectivity index (χ0n) is 8.52. The van der Waals surface area contributed by atoms with Crippen molar-refractivity contribution in [2.75, 3.05) is 17.7 Å². The summed E-state index contributed by atoms with van der Waals surface area (Å²) in [6.07, 6.45) is 1.65. The lowest BCUT2D eigenvalue weighted by Crippen LogP contribution is -2.27. The van der Waals surface area contributed by atoms with Crippen LogP contribution in [-0.4, -0.2) is 34.5 Å². The number of anilines is 1. The standard InChI is InChI=1S/C9H9N3O3S/c1-16-9-10-6(3-7(14)11-9)12-4-5(13)2-8(12)15/h3H,2,4H2,1H3,(H,10,11,14). The highest BCUT2D eigenvalue weighted by Crippen LogP contribution is 2.17. The van der Waals surface area contributed by atoms with E-state index >= 15 is 0 Å². The highest BCUT2D eigenvalue weighted by atomic mass is 32.2. The molecule has 1 saturated heterocycles. The number of ketones is 1. The van der Waals surface area contributed by atoms with Crippen LogP contribution in [0, 0.1) is 0 Å². The number of nitrogens with zero attached hydrogens (tertiary/aromatic N) is 2. The predicted octanol–water partition coefficient (Wildman–Crippen LogP) is -0.202. The van der Waals surface area contributed by atoms with Gasteiger partial charge in [0.1, 0.15) is 5.82 Å². The molecule has 1 aromatic rings. The normalized spacial score (nSPS) is 15.9. The molecule has 7 heteroatoms. The monoisotopic (exact) mass is 239 g/mol. The van der Waals surface area contributed by atoms with Crippen LogP contribution in [0.3, 0.4) is 0 Å². The summed E-state index contributed by atoms with van der Waals surface area (Å²) < 4.78 is 0. The average Bonchev–Trinajstić information content (AvgIpc) is 2.57. The van der Waals surface area contributed by atoms with Crippen LogP contribution in [0.4, 0.5) is 5.82 Å². The van der Waals surface area contributed by atoms with Crippen LogP contribution in [0.1, 0.15) is 6.42 Å². The van der Waals surface area contributed by atoms with E-state index in [0.717, 1.165) is 0 Å². The molecule has 1 aromatic heterocycles. The smallest absolute Gasteiger partial charge is 0.253 e. The number of thioether (sulfide) groups is 1. The van der Waals surface area contributed by atoms with Gasteiger partial charge in [-0.15, -0.1) is 0 Å². The summed E-state index contributed by atoms with van der Waals surface area (Å²) in [5.41, 5.74) is -0.332. The molecule has 0 atom stereocenters. The van der Waals surface area contributed by atoms with E-state index in [2.05, 4.69) is 9.97 Å². The Morgan fingerprint density at radius 1 is 1.44 bits per heavy atom. The van der Waals surface area contributed by atoms with E-state index in [4.69, 9.17) is 0 Å². The molecule has 0 saturated carbocycles. The van der Waals surface area contributed by atoms with E-state index in [1.807, 2.05) is 0 Å². The van der Waals surface area contributed by atoms with Gasteiger partial charge in [0.05, 0.1) is 13.0 Å². The summed E-state index contributed by atoms with van der Waals surface area (Å²) in [4.78, 5) is 41.7. The van der Waals surface area contributed by atoms with Gasteiger partial charge in [0.25, 0.3) is 5.56 Å². The first kappa shape index (κ1) is 10.9. The molecule has 6 nitrogen and oxygen atoms in total. The number of nitrogens with one attached hydrogen (secondary N) is 1. The maximum absolute atomic E-state index is 11.4. The van der Waals surface area contributed by atoms with Gasteiger partial charge in [0.15, 0.2) is 10.9 Å². The van der Waals surface area contributed by atoms with E-state index in [-0.39, 0.29) is 36.0 Å². The zero-order valence-corrected chi connectivity index (χ0v) is 9.34. The number of rotatable bonds is 2. The van der Waals surface area contributed by atoms with Crippen molar-refractivity contribution in [2.45, 2.75) is 11.6 Å². The first-order chi connectivity index (χ1) is 7.60. The van der Waals surface area contributed by atoms with Gasteiger partial charge in [-0.05, 0) is 6.26 Å². The zero-order chi connectivity index (χ0) is 11.7. The van der Waals surface area contributed by atoms with Gasteiger partial charge in [-0.25, -0.2) is 4.98 Å². The van der Waals surface area contributed by atoms with Gasteiger partial charge >= 0.3 is 0 Å². The molecule has 1 aliphatic rings. The molecule has 0 radical (unpaired) electrons. The average molecular weight is 239 g/mol. The minimum absolute atomic E-state index is 0.00308. The fraction of sp³-hybridized carbons (Fsp3) is 0.333. The first-order valence-corrected chi connectivity index (χ1v) is 5.80. The van der Waals surface area contributed by atoms with Crippen molar-refractivity contribution >= 4 is 29.3 Å². The Morgan fingerprint density at radius 3 is 2.75 bits per heavy atom. The van der Waals surface area contributed by atoms with Crippen LogP contribution in [0.5, 0.6) is 0 Å². The van der Waals surface area contributed by atoms with E-state index in [1.165, 1.54) is 22.7 Å². The van der Waals surface area contributed by atoms with Gasteiger partial charge in [-0.3, -0.25) is 19.3 Å². The second-order valence-corrected chi connectivity index (χ2v) is 4.10. The molecule has 84 valence electrons. The van der Waals surface area contributed by atoms with Crippen molar-refractivity contribution in [1.82, 2.24) is 9.97 Å². The predicted molar refractivity (Wildman–Crippen MR) is 58.6 cm³/mol. The third-order valence-corrected chi connectivity index (χ3v) is 2.74. The molecule has 0 bridgehead atoms. The van der Waals surface area contributed by atoms with Gasteiger partial charge < -0.3 is 4.98 Å². The fourth-order valence-corrected chi connectivity index (χ4v) is 1.84. The number of H-pyrrole nitrogens is 1. The van der Waals surface area contributed by atoms with Crippen molar-refractivity contribution < 1.29 is 9.59 Å². The Morgan fingerprint density at radius 2 is 2.19 bits per heavy atom. The van der Waals surface area contributed by atoms with Crippen molar-refractivity contribution in [3.8, 4) is 0 Å². The lowest BCUT2D eigenvalue weighted by Gasteiger charge is -2.13. The molecule has 0 unspecified atom stereocenters. The number of hydrogen-bond acceptors (Lipinski definition) is 5. The van der Waals surface area contributed by atoms with E-state index in [1.54, 1.807) is 6.26 Å². The van der Waals surface area contributed by atoms with Gasteiger partial charge in [-0.1, -0.05) is 11.8 Å². The number of carbonyl (C=O) groups is 2. The number of carbonyl (C=O) groups excluding carboxylic acids is 2. The van der Waals surface area contributed by atoms with Crippen LogP contribution >= 0.6 is 11.8 Å².